The van der Waals surface area contributed by atoms with Crippen LogP contribution in [0.2, 0.25) is 0 Å². The number of rotatable bonds is 15. The molecule has 2 aromatic rings. The van der Waals surface area contributed by atoms with Gasteiger partial charge in [0, 0.05) is 17.8 Å². The first-order valence-electron chi connectivity index (χ1n) is 11.2. The van der Waals surface area contributed by atoms with E-state index in [1.54, 1.807) is 12.3 Å². The molecule has 0 bridgehead atoms. The third-order valence-electron chi connectivity index (χ3n) is 5.04. The average Bonchev–Trinajstić information content (AvgIpc) is 2.78. The van der Waals surface area contributed by atoms with E-state index in [4.69, 9.17) is 9.47 Å². The predicted molar refractivity (Wildman–Crippen MR) is 119 cm³/mol. The van der Waals surface area contributed by atoms with Crippen molar-refractivity contribution in [2.45, 2.75) is 77.6 Å². The van der Waals surface area contributed by atoms with Crippen molar-refractivity contribution in [3.63, 3.8) is 0 Å². The lowest BCUT2D eigenvalue weighted by Crippen LogP contribution is -2.24. The maximum absolute atomic E-state index is 13.7. The van der Waals surface area contributed by atoms with Gasteiger partial charge in [-0.05, 0) is 36.6 Å². The summed E-state index contributed by atoms with van der Waals surface area (Å²) in [4.78, 5) is 4.20. The topological polar surface area (TPSA) is 31.4 Å². The first-order chi connectivity index (χ1) is 14.6. The molecule has 0 unspecified atom stereocenters. The molecule has 1 aromatic carbocycles. The molecule has 5 heteroatoms. The Kier molecular flexibility index (Phi) is 11.2. The maximum Gasteiger partial charge on any atom is 0.213 e. The molecule has 0 amide bonds. The van der Waals surface area contributed by atoms with Gasteiger partial charge in [-0.25, -0.2) is 13.8 Å². The van der Waals surface area contributed by atoms with Crippen molar-refractivity contribution in [3.05, 3.63) is 42.6 Å². The Bertz CT molecular complexity index is 691. The van der Waals surface area contributed by atoms with Crippen LogP contribution in [-0.4, -0.2) is 30.5 Å². The molecule has 0 radical (unpaired) electrons. The Balaban J connectivity index is 1.75. The lowest BCUT2D eigenvalue weighted by molar-refractivity contribution is 0.101. The summed E-state index contributed by atoms with van der Waals surface area (Å²) in [5, 5.41) is 0. The van der Waals surface area contributed by atoms with Crippen LogP contribution in [0.5, 0.6) is 11.6 Å². The molecule has 166 valence electrons. The fourth-order valence-corrected chi connectivity index (χ4v) is 3.18. The first kappa shape index (κ1) is 24.1. The smallest absolute Gasteiger partial charge is 0.213 e. The van der Waals surface area contributed by atoms with Crippen molar-refractivity contribution in [1.82, 2.24) is 4.98 Å². The molecule has 0 aliphatic carbocycles. The second kappa shape index (κ2) is 13.9. The normalized spacial score (nSPS) is 13.1. The highest BCUT2D eigenvalue weighted by Crippen LogP contribution is 2.23. The van der Waals surface area contributed by atoms with Crippen molar-refractivity contribution in [3.8, 4) is 22.8 Å². The Morgan fingerprint density at radius 2 is 1.47 bits per heavy atom. The number of hydrogen-bond acceptors (Lipinski definition) is 3. The Labute approximate surface area is 179 Å². The van der Waals surface area contributed by atoms with Gasteiger partial charge in [-0.1, -0.05) is 64.5 Å². The van der Waals surface area contributed by atoms with Crippen LogP contribution in [0.4, 0.5) is 8.78 Å². The number of alkyl halides is 2. The highest BCUT2D eigenvalue weighted by Gasteiger charge is 2.20. The van der Waals surface area contributed by atoms with E-state index < -0.39 is 12.3 Å². The lowest BCUT2D eigenvalue weighted by Gasteiger charge is -2.13. The first-order valence-corrected chi connectivity index (χ1v) is 11.2. The van der Waals surface area contributed by atoms with Crippen LogP contribution < -0.4 is 9.47 Å². The van der Waals surface area contributed by atoms with Gasteiger partial charge in [0.15, 0.2) is 6.17 Å². The molecule has 1 aromatic heterocycles. The summed E-state index contributed by atoms with van der Waals surface area (Å²) >= 11 is 0. The number of benzene rings is 1. The van der Waals surface area contributed by atoms with Gasteiger partial charge in [0.2, 0.25) is 5.88 Å². The number of pyridine rings is 1. The van der Waals surface area contributed by atoms with Crippen molar-refractivity contribution in [1.29, 1.82) is 0 Å². The molecule has 30 heavy (non-hydrogen) atoms. The number of hydrogen-bond donors (Lipinski definition) is 0. The van der Waals surface area contributed by atoms with Gasteiger partial charge in [-0.2, -0.15) is 0 Å². The van der Waals surface area contributed by atoms with Crippen LogP contribution in [0.3, 0.4) is 0 Å². The number of ether oxygens (including phenoxy) is 2. The van der Waals surface area contributed by atoms with E-state index >= 15 is 0 Å². The molecule has 3 nitrogen and oxygen atoms in total. The summed E-state index contributed by atoms with van der Waals surface area (Å²) in [5.41, 5.74) is 1.94. The average molecular weight is 420 g/mol. The highest BCUT2D eigenvalue weighted by atomic mass is 19.2. The number of aromatic nitrogens is 1. The third kappa shape index (κ3) is 8.68. The molecule has 0 N–H and O–H groups in total. The van der Waals surface area contributed by atoms with Gasteiger partial charge in [0.05, 0.1) is 6.61 Å². The summed E-state index contributed by atoms with van der Waals surface area (Å²) in [6.45, 7) is 4.47. The minimum atomic E-state index is -1.63. The molecule has 1 heterocycles. The van der Waals surface area contributed by atoms with Gasteiger partial charge >= 0.3 is 0 Å². The van der Waals surface area contributed by atoms with Gasteiger partial charge in [-0.15, -0.1) is 0 Å². The van der Waals surface area contributed by atoms with E-state index in [-0.39, 0.29) is 13.0 Å². The largest absolute Gasteiger partial charge is 0.494 e. The molecule has 0 aliphatic rings. The van der Waals surface area contributed by atoms with Gasteiger partial charge in [0.25, 0.3) is 0 Å². The van der Waals surface area contributed by atoms with E-state index in [9.17, 15) is 8.78 Å². The van der Waals surface area contributed by atoms with Crippen LogP contribution in [0.15, 0.2) is 42.6 Å². The van der Waals surface area contributed by atoms with Crippen LogP contribution >= 0.6 is 0 Å². The number of halogens is 2. The monoisotopic (exact) mass is 419 g/mol. The molecular formula is C25H35F2NO2. The quantitative estimate of drug-likeness (QED) is 0.283. The number of nitrogens with zero attached hydrogens (tertiary/aromatic N) is 1. The maximum atomic E-state index is 13.7. The third-order valence-corrected chi connectivity index (χ3v) is 5.04. The summed E-state index contributed by atoms with van der Waals surface area (Å²) in [7, 11) is 0. The van der Waals surface area contributed by atoms with Crippen LogP contribution in [0, 0.1) is 0 Å². The van der Waals surface area contributed by atoms with Crippen LogP contribution in [-0.2, 0) is 0 Å². The molecule has 0 saturated carbocycles. The number of unbranched alkanes of at least 4 members (excludes halogenated alkanes) is 5. The summed E-state index contributed by atoms with van der Waals surface area (Å²) < 4.78 is 38.3. The minimum Gasteiger partial charge on any atom is -0.494 e. The van der Waals surface area contributed by atoms with E-state index in [0.717, 1.165) is 29.9 Å². The van der Waals surface area contributed by atoms with Crippen molar-refractivity contribution < 1.29 is 18.3 Å². The minimum absolute atomic E-state index is 0.204. The van der Waals surface area contributed by atoms with Gasteiger partial charge < -0.3 is 9.47 Å². The Morgan fingerprint density at radius 1 is 0.767 bits per heavy atom. The van der Waals surface area contributed by atoms with E-state index in [2.05, 4.69) is 11.9 Å². The van der Waals surface area contributed by atoms with Crippen LogP contribution in [0.1, 0.15) is 65.2 Å². The zero-order chi connectivity index (χ0) is 21.6. The Morgan fingerprint density at radius 3 is 2.13 bits per heavy atom. The lowest BCUT2D eigenvalue weighted by atomic mass is 10.1. The molecule has 0 aliphatic heterocycles. The SMILES string of the molecule is CCCCCCCCOc1ccc(-c2ccc(OC[C@H](F)[C@@H](F)CCC)nc2)cc1. The van der Waals surface area contributed by atoms with E-state index in [1.165, 1.54) is 32.1 Å². The predicted octanol–water partition coefficient (Wildman–Crippen LogP) is 7.34. The zero-order valence-corrected chi connectivity index (χ0v) is 18.3. The molecule has 0 saturated heterocycles. The molecular weight excluding hydrogens is 384 g/mol. The van der Waals surface area contributed by atoms with Crippen molar-refractivity contribution >= 4 is 0 Å². The fraction of sp³-hybridized carbons (Fsp3) is 0.560. The van der Waals surface area contributed by atoms with E-state index in [0.29, 0.717) is 12.3 Å². The summed E-state index contributed by atoms with van der Waals surface area (Å²) in [6, 6.07) is 11.4. The zero-order valence-electron chi connectivity index (χ0n) is 18.3. The van der Waals surface area contributed by atoms with Crippen LogP contribution in [0.25, 0.3) is 11.1 Å². The molecule has 0 fully saturated rings. The fourth-order valence-electron chi connectivity index (χ4n) is 3.18. The standard InChI is InChI=1S/C25H35F2NO2/c1-3-5-6-7-8-9-17-29-22-14-11-20(12-15-22)21-13-16-25(28-18-21)30-19-24(27)23(26)10-4-2/h11-16,18,23-24H,3-10,17,19H2,1-2H3/t23-,24-/m0/s1. The second-order valence-corrected chi connectivity index (χ2v) is 7.66. The highest BCUT2D eigenvalue weighted by molar-refractivity contribution is 5.63. The van der Waals surface area contributed by atoms with Crippen molar-refractivity contribution in [2.24, 2.45) is 0 Å². The van der Waals surface area contributed by atoms with Gasteiger partial charge in [0.1, 0.15) is 18.5 Å². The van der Waals surface area contributed by atoms with Crippen molar-refractivity contribution in [2.75, 3.05) is 13.2 Å². The summed E-state index contributed by atoms with van der Waals surface area (Å²) in [6.07, 6.45) is 6.84. The van der Waals surface area contributed by atoms with Gasteiger partial charge in [-0.3, -0.25) is 0 Å². The van der Waals surface area contributed by atoms with E-state index in [1.807, 2.05) is 37.3 Å². The summed E-state index contributed by atoms with van der Waals surface area (Å²) in [5.74, 6) is 1.16. The molecule has 2 atom stereocenters. The Hall–Kier alpha value is -2.17. The second-order valence-electron chi connectivity index (χ2n) is 7.66. The molecule has 0 spiro atoms. The molecule has 2 rings (SSSR count).